The van der Waals surface area contributed by atoms with Crippen molar-refractivity contribution in [2.24, 2.45) is 0 Å². The molecule has 9 heteroatoms. The summed E-state index contributed by atoms with van der Waals surface area (Å²) in [7, 11) is 1.18. The van der Waals surface area contributed by atoms with E-state index in [0.29, 0.717) is 6.07 Å². The number of halogens is 2. The maximum atomic E-state index is 13.0. The molecule has 2 aromatic rings. The first-order chi connectivity index (χ1) is 9.51. The van der Waals surface area contributed by atoms with Crippen LogP contribution in [0.1, 0.15) is 0 Å². The second kappa shape index (κ2) is 5.43. The molecule has 0 aliphatic rings. The smallest absolute Gasteiger partial charge is 0.392 e. The van der Waals surface area contributed by atoms with Crippen LogP contribution in [-0.4, -0.2) is 22.0 Å². The van der Waals surface area contributed by atoms with Crippen molar-refractivity contribution in [3.63, 3.8) is 0 Å². The topological polar surface area (TPSA) is 87.4 Å². The Kier molecular flexibility index (Phi) is 3.69. The standard InChI is InChI=1S/C11H7F2N3O4/c1-19-10-9(16(17)18)11(15-5-14-10)20-8-3-6(12)2-7(13)4-8/h2-5H,1H3. The van der Waals surface area contributed by atoms with Crippen LogP contribution in [0.15, 0.2) is 24.5 Å². The number of hydrogen-bond acceptors (Lipinski definition) is 6. The minimum Gasteiger partial charge on any atom is -0.476 e. The normalized spacial score (nSPS) is 10.2. The van der Waals surface area contributed by atoms with Crippen molar-refractivity contribution in [1.82, 2.24) is 9.97 Å². The molecule has 0 unspecified atom stereocenters. The number of ether oxygens (including phenoxy) is 2. The van der Waals surface area contributed by atoms with Crippen molar-refractivity contribution >= 4 is 5.69 Å². The zero-order valence-electron chi connectivity index (χ0n) is 10.0. The molecule has 0 spiro atoms. The lowest BCUT2D eigenvalue weighted by atomic mass is 10.3. The van der Waals surface area contributed by atoms with Gasteiger partial charge in [-0.05, 0) is 0 Å². The molecule has 0 fully saturated rings. The van der Waals surface area contributed by atoms with Crippen LogP contribution in [0.5, 0.6) is 17.5 Å². The Bertz CT molecular complexity index is 646. The van der Waals surface area contributed by atoms with Crippen LogP contribution < -0.4 is 9.47 Å². The molecule has 1 aromatic heterocycles. The fourth-order valence-corrected chi connectivity index (χ4v) is 1.43. The molecule has 0 atom stereocenters. The van der Waals surface area contributed by atoms with Gasteiger partial charge in [0.15, 0.2) is 0 Å². The predicted molar refractivity (Wildman–Crippen MR) is 61.7 cm³/mol. The van der Waals surface area contributed by atoms with Crippen molar-refractivity contribution in [3.05, 3.63) is 46.3 Å². The fraction of sp³-hybridized carbons (Fsp3) is 0.0909. The summed E-state index contributed by atoms with van der Waals surface area (Å²) in [5, 5.41) is 10.9. The number of rotatable bonds is 4. The van der Waals surface area contributed by atoms with Gasteiger partial charge in [0.1, 0.15) is 23.7 Å². The van der Waals surface area contributed by atoms with E-state index < -0.39 is 28.1 Å². The van der Waals surface area contributed by atoms with Crippen molar-refractivity contribution in [2.45, 2.75) is 0 Å². The zero-order chi connectivity index (χ0) is 14.7. The molecule has 7 nitrogen and oxygen atoms in total. The molecule has 0 radical (unpaired) electrons. The zero-order valence-corrected chi connectivity index (χ0v) is 10.0. The molecule has 2 rings (SSSR count). The molecular formula is C11H7F2N3O4. The van der Waals surface area contributed by atoms with Gasteiger partial charge in [-0.1, -0.05) is 0 Å². The highest BCUT2D eigenvalue weighted by Gasteiger charge is 2.26. The third-order valence-corrected chi connectivity index (χ3v) is 2.18. The van der Waals surface area contributed by atoms with Crippen LogP contribution in [0.2, 0.25) is 0 Å². The van der Waals surface area contributed by atoms with Gasteiger partial charge in [0.05, 0.1) is 12.0 Å². The summed E-state index contributed by atoms with van der Waals surface area (Å²) in [6.45, 7) is 0. The first kappa shape index (κ1) is 13.6. The lowest BCUT2D eigenvalue weighted by molar-refractivity contribution is -0.387. The summed E-state index contributed by atoms with van der Waals surface area (Å²) in [6, 6.07) is 2.37. The van der Waals surface area contributed by atoms with E-state index in [2.05, 4.69) is 9.97 Å². The van der Waals surface area contributed by atoms with E-state index in [9.17, 15) is 18.9 Å². The molecule has 0 amide bonds. The van der Waals surface area contributed by atoms with Gasteiger partial charge in [-0.3, -0.25) is 10.1 Å². The Balaban J connectivity index is 2.45. The summed E-state index contributed by atoms with van der Waals surface area (Å²) >= 11 is 0. The summed E-state index contributed by atoms with van der Waals surface area (Å²) in [6.07, 6.45) is 0.969. The molecule has 0 aliphatic heterocycles. The summed E-state index contributed by atoms with van der Waals surface area (Å²) < 4.78 is 35.8. The SMILES string of the molecule is COc1ncnc(Oc2cc(F)cc(F)c2)c1[N+](=O)[O-]. The number of nitro groups is 1. The Morgan fingerprint density at radius 1 is 1.15 bits per heavy atom. The van der Waals surface area contributed by atoms with Crippen LogP contribution in [0.4, 0.5) is 14.5 Å². The van der Waals surface area contributed by atoms with Gasteiger partial charge < -0.3 is 9.47 Å². The van der Waals surface area contributed by atoms with E-state index >= 15 is 0 Å². The number of nitrogens with zero attached hydrogens (tertiary/aromatic N) is 3. The molecule has 20 heavy (non-hydrogen) atoms. The highest BCUT2D eigenvalue weighted by atomic mass is 19.1. The first-order valence-electron chi connectivity index (χ1n) is 5.18. The van der Waals surface area contributed by atoms with Crippen LogP contribution >= 0.6 is 0 Å². The van der Waals surface area contributed by atoms with Gasteiger partial charge in [-0.2, -0.15) is 9.97 Å². The molecule has 0 saturated carbocycles. The van der Waals surface area contributed by atoms with Crippen LogP contribution in [0, 0.1) is 21.7 Å². The van der Waals surface area contributed by atoms with Crippen molar-refractivity contribution < 1.29 is 23.2 Å². The predicted octanol–water partition coefficient (Wildman–Crippen LogP) is 2.46. The molecule has 1 aromatic carbocycles. The highest BCUT2D eigenvalue weighted by Crippen LogP contribution is 2.35. The lowest BCUT2D eigenvalue weighted by Crippen LogP contribution is -2.01. The van der Waals surface area contributed by atoms with Gasteiger partial charge in [0.2, 0.25) is 0 Å². The van der Waals surface area contributed by atoms with E-state index in [-0.39, 0.29) is 11.6 Å². The third-order valence-electron chi connectivity index (χ3n) is 2.18. The van der Waals surface area contributed by atoms with Crippen molar-refractivity contribution in [2.75, 3.05) is 7.11 Å². The monoisotopic (exact) mass is 283 g/mol. The Morgan fingerprint density at radius 3 is 2.30 bits per heavy atom. The second-order valence-corrected chi connectivity index (χ2v) is 3.50. The van der Waals surface area contributed by atoms with Gasteiger partial charge in [0, 0.05) is 18.2 Å². The summed E-state index contributed by atoms with van der Waals surface area (Å²) in [4.78, 5) is 17.2. The van der Waals surface area contributed by atoms with Crippen LogP contribution in [0.3, 0.4) is 0 Å². The quantitative estimate of drug-likeness (QED) is 0.632. The van der Waals surface area contributed by atoms with Crippen LogP contribution in [0.25, 0.3) is 0 Å². The lowest BCUT2D eigenvalue weighted by Gasteiger charge is -2.07. The van der Waals surface area contributed by atoms with Gasteiger partial charge in [0.25, 0.3) is 0 Å². The number of methoxy groups -OCH3 is 1. The fourth-order valence-electron chi connectivity index (χ4n) is 1.43. The van der Waals surface area contributed by atoms with Crippen LogP contribution in [-0.2, 0) is 0 Å². The average Bonchev–Trinajstić information content (AvgIpc) is 2.36. The van der Waals surface area contributed by atoms with Gasteiger partial charge in [-0.15, -0.1) is 0 Å². The second-order valence-electron chi connectivity index (χ2n) is 3.50. The molecular weight excluding hydrogens is 276 g/mol. The van der Waals surface area contributed by atoms with Gasteiger partial charge >= 0.3 is 17.4 Å². The molecule has 0 N–H and O–H groups in total. The number of aromatic nitrogens is 2. The van der Waals surface area contributed by atoms with Gasteiger partial charge in [-0.25, -0.2) is 8.78 Å². The Morgan fingerprint density at radius 2 is 1.75 bits per heavy atom. The Hall–Kier alpha value is -2.84. The minimum atomic E-state index is -0.885. The summed E-state index contributed by atoms with van der Waals surface area (Å²) in [5.74, 6) is -2.84. The minimum absolute atomic E-state index is 0.272. The number of benzene rings is 1. The molecule has 104 valence electrons. The van der Waals surface area contributed by atoms with E-state index in [0.717, 1.165) is 18.5 Å². The first-order valence-corrected chi connectivity index (χ1v) is 5.18. The van der Waals surface area contributed by atoms with Crippen molar-refractivity contribution in [1.29, 1.82) is 0 Å². The van der Waals surface area contributed by atoms with E-state index in [1.807, 2.05) is 0 Å². The van der Waals surface area contributed by atoms with Crippen molar-refractivity contribution in [3.8, 4) is 17.5 Å². The van der Waals surface area contributed by atoms with E-state index in [4.69, 9.17) is 9.47 Å². The maximum Gasteiger partial charge on any atom is 0.392 e. The molecule has 0 saturated heterocycles. The Labute approximate surface area is 111 Å². The maximum absolute atomic E-state index is 13.0. The molecule has 0 aliphatic carbocycles. The van der Waals surface area contributed by atoms with E-state index in [1.165, 1.54) is 7.11 Å². The molecule has 1 heterocycles. The highest BCUT2D eigenvalue weighted by molar-refractivity contribution is 5.50. The average molecular weight is 283 g/mol. The molecule has 0 bridgehead atoms. The number of hydrogen-bond donors (Lipinski definition) is 0. The third kappa shape index (κ3) is 2.76. The largest absolute Gasteiger partial charge is 0.476 e. The van der Waals surface area contributed by atoms with E-state index in [1.54, 1.807) is 0 Å². The summed E-state index contributed by atoms with van der Waals surface area (Å²) in [5.41, 5.74) is -0.639.